The highest BCUT2D eigenvalue weighted by Crippen LogP contribution is 2.42. The van der Waals surface area contributed by atoms with Crippen LogP contribution in [0.2, 0.25) is 0 Å². The smallest absolute Gasteiger partial charge is 0.334 e. The molecule has 0 amide bonds. The zero-order valence-corrected chi connectivity index (χ0v) is 13.7. The zero-order chi connectivity index (χ0) is 16.3. The van der Waals surface area contributed by atoms with E-state index in [0.717, 1.165) is 11.1 Å². The van der Waals surface area contributed by atoms with Crippen LogP contribution in [0.5, 0.6) is 11.5 Å². The topological polar surface area (TPSA) is 54.0 Å². The molecule has 1 aliphatic rings. The molecule has 1 aromatic rings. The molecule has 0 unspecified atom stereocenters. The summed E-state index contributed by atoms with van der Waals surface area (Å²) in [7, 11) is 3.19. The Kier molecular flexibility index (Phi) is 4.64. The quantitative estimate of drug-likeness (QED) is 0.632. The molecule has 5 heteroatoms. The molecule has 0 atom stereocenters. The molecule has 0 aliphatic carbocycles. The number of rotatable bonds is 4. The van der Waals surface area contributed by atoms with Crippen molar-refractivity contribution in [2.24, 2.45) is 0 Å². The summed E-state index contributed by atoms with van der Waals surface area (Å²) in [5.41, 5.74) is 1.36. The van der Waals surface area contributed by atoms with Crippen LogP contribution in [-0.2, 0) is 20.7 Å². The van der Waals surface area contributed by atoms with Gasteiger partial charge in [0.1, 0.15) is 22.9 Å². The minimum atomic E-state index is -0.431. The number of methoxy groups -OCH3 is 2. The fourth-order valence-corrected chi connectivity index (χ4v) is 2.58. The van der Waals surface area contributed by atoms with E-state index in [2.05, 4.69) is 0 Å². The van der Waals surface area contributed by atoms with Gasteiger partial charge in [-0.25, -0.2) is 4.79 Å². The summed E-state index contributed by atoms with van der Waals surface area (Å²) in [5.74, 6) is 1.35. The molecular formula is C17H22O5. The fraction of sp³-hybridized carbons (Fsp3) is 0.471. The van der Waals surface area contributed by atoms with Crippen LogP contribution in [0, 0.1) is 0 Å². The van der Waals surface area contributed by atoms with E-state index in [1.165, 1.54) is 6.08 Å². The summed E-state index contributed by atoms with van der Waals surface area (Å²) in [6, 6.07) is 3.72. The molecule has 0 aromatic heterocycles. The normalized spacial score (nSPS) is 17.4. The lowest BCUT2D eigenvalue weighted by Gasteiger charge is -2.35. The summed E-state index contributed by atoms with van der Waals surface area (Å²) in [4.78, 5) is 11.8. The van der Waals surface area contributed by atoms with Crippen LogP contribution in [-0.4, -0.2) is 32.4 Å². The largest absolute Gasteiger partial charge is 0.497 e. The van der Waals surface area contributed by atoms with Gasteiger partial charge in [0.05, 0.1) is 32.5 Å². The fourth-order valence-electron chi connectivity index (χ4n) is 2.58. The van der Waals surface area contributed by atoms with Crippen molar-refractivity contribution in [3.05, 3.63) is 29.3 Å². The van der Waals surface area contributed by atoms with Gasteiger partial charge in [0, 0.05) is 12.5 Å². The predicted octanol–water partition coefficient (Wildman–Crippen LogP) is 2.96. The van der Waals surface area contributed by atoms with Crippen LogP contribution in [0.15, 0.2) is 18.2 Å². The van der Waals surface area contributed by atoms with Crippen LogP contribution in [0.4, 0.5) is 0 Å². The number of hydrogen-bond acceptors (Lipinski definition) is 5. The Bertz CT molecular complexity index is 601. The van der Waals surface area contributed by atoms with Gasteiger partial charge in [0.15, 0.2) is 0 Å². The molecule has 0 saturated carbocycles. The van der Waals surface area contributed by atoms with Crippen molar-refractivity contribution in [2.45, 2.75) is 32.8 Å². The Balaban J connectivity index is 2.57. The van der Waals surface area contributed by atoms with Crippen LogP contribution in [0.1, 0.15) is 31.9 Å². The lowest BCUT2D eigenvalue weighted by molar-refractivity contribution is -0.137. The molecule has 0 spiro atoms. The van der Waals surface area contributed by atoms with Crippen molar-refractivity contribution in [1.29, 1.82) is 0 Å². The van der Waals surface area contributed by atoms with Crippen molar-refractivity contribution in [2.75, 3.05) is 20.8 Å². The highest BCUT2D eigenvalue weighted by molar-refractivity contribution is 5.91. The second kappa shape index (κ2) is 6.30. The summed E-state index contributed by atoms with van der Waals surface area (Å²) in [6.45, 7) is 6.03. The first-order valence-corrected chi connectivity index (χ1v) is 7.23. The third-order valence-electron chi connectivity index (χ3n) is 3.40. The van der Waals surface area contributed by atoms with Crippen LogP contribution < -0.4 is 9.47 Å². The summed E-state index contributed by atoms with van der Waals surface area (Å²) in [6.07, 6.45) is 2.06. The monoisotopic (exact) mass is 306 g/mol. The maximum Gasteiger partial charge on any atom is 0.334 e. The van der Waals surface area contributed by atoms with Gasteiger partial charge in [0.2, 0.25) is 0 Å². The second-order valence-electron chi connectivity index (χ2n) is 5.66. The lowest BCUT2D eigenvalue weighted by Crippen LogP contribution is -2.31. The summed E-state index contributed by atoms with van der Waals surface area (Å²) in [5, 5.41) is 0. The number of hydrogen-bond donors (Lipinski definition) is 0. The van der Waals surface area contributed by atoms with E-state index < -0.39 is 11.6 Å². The van der Waals surface area contributed by atoms with Gasteiger partial charge in [-0.1, -0.05) is 0 Å². The van der Waals surface area contributed by atoms with E-state index in [-0.39, 0.29) is 0 Å². The van der Waals surface area contributed by atoms with E-state index in [1.54, 1.807) is 27.2 Å². The first-order chi connectivity index (χ1) is 10.4. The maximum absolute atomic E-state index is 11.8. The van der Waals surface area contributed by atoms with E-state index in [4.69, 9.17) is 18.9 Å². The van der Waals surface area contributed by atoms with Crippen molar-refractivity contribution in [3.8, 4) is 11.5 Å². The first kappa shape index (κ1) is 16.2. The molecular weight excluding hydrogens is 284 g/mol. The number of fused-ring (bicyclic) bond motifs is 1. The van der Waals surface area contributed by atoms with Crippen molar-refractivity contribution in [3.63, 3.8) is 0 Å². The minimum absolute atomic E-state index is 0.318. The van der Waals surface area contributed by atoms with Crippen molar-refractivity contribution in [1.82, 2.24) is 0 Å². The highest BCUT2D eigenvalue weighted by Gasteiger charge is 2.33. The van der Waals surface area contributed by atoms with Gasteiger partial charge < -0.3 is 18.9 Å². The molecule has 5 nitrogen and oxygen atoms in total. The molecule has 0 N–H and O–H groups in total. The Morgan fingerprint density at radius 3 is 2.64 bits per heavy atom. The van der Waals surface area contributed by atoms with Crippen LogP contribution >= 0.6 is 0 Å². The summed E-state index contributed by atoms with van der Waals surface area (Å²) < 4.78 is 21.7. The third kappa shape index (κ3) is 3.35. The molecule has 2 rings (SSSR count). The average Bonchev–Trinajstić information content (AvgIpc) is 2.44. The second-order valence-corrected chi connectivity index (χ2v) is 5.66. The standard InChI is InChI=1S/C17H22O5/c1-6-21-15(18)9-14-16-11(10-17(2,3)22-14)7-12(19-4)8-13(16)20-5/h7-9H,6,10H2,1-5H3/b14-9-. The predicted molar refractivity (Wildman–Crippen MR) is 83.0 cm³/mol. The van der Waals surface area contributed by atoms with Gasteiger partial charge in [-0.2, -0.15) is 0 Å². The molecule has 1 aliphatic heterocycles. The Hall–Kier alpha value is -2.17. The minimum Gasteiger partial charge on any atom is -0.497 e. The number of esters is 1. The highest BCUT2D eigenvalue weighted by atomic mass is 16.5. The van der Waals surface area contributed by atoms with E-state index in [0.29, 0.717) is 30.3 Å². The maximum atomic E-state index is 11.8. The molecule has 0 radical (unpaired) electrons. The van der Waals surface area contributed by atoms with Gasteiger partial charge >= 0.3 is 5.97 Å². The van der Waals surface area contributed by atoms with Crippen molar-refractivity contribution >= 4 is 11.7 Å². The molecule has 0 saturated heterocycles. The Morgan fingerprint density at radius 2 is 2.05 bits per heavy atom. The van der Waals surface area contributed by atoms with Crippen LogP contribution in [0.25, 0.3) is 5.76 Å². The zero-order valence-electron chi connectivity index (χ0n) is 13.7. The number of carbonyl (C=O) groups is 1. The number of ether oxygens (including phenoxy) is 4. The lowest BCUT2D eigenvalue weighted by atomic mass is 9.89. The third-order valence-corrected chi connectivity index (χ3v) is 3.40. The Labute approximate surface area is 130 Å². The molecule has 1 aromatic carbocycles. The van der Waals surface area contributed by atoms with Gasteiger partial charge in [0.25, 0.3) is 0 Å². The van der Waals surface area contributed by atoms with E-state index >= 15 is 0 Å². The first-order valence-electron chi connectivity index (χ1n) is 7.23. The van der Waals surface area contributed by atoms with Gasteiger partial charge in [-0.05, 0) is 32.4 Å². The molecule has 0 bridgehead atoms. The summed E-state index contributed by atoms with van der Waals surface area (Å²) >= 11 is 0. The average molecular weight is 306 g/mol. The SMILES string of the molecule is CCOC(=O)/C=C1\OC(C)(C)Cc2cc(OC)cc(OC)c21. The van der Waals surface area contributed by atoms with E-state index in [1.807, 2.05) is 19.9 Å². The van der Waals surface area contributed by atoms with Crippen molar-refractivity contribution < 1.29 is 23.7 Å². The number of benzene rings is 1. The molecule has 1 heterocycles. The van der Waals surface area contributed by atoms with Crippen LogP contribution in [0.3, 0.4) is 0 Å². The molecule has 120 valence electrons. The van der Waals surface area contributed by atoms with Gasteiger partial charge in [-0.15, -0.1) is 0 Å². The molecule has 22 heavy (non-hydrogen) atoms. The number of carbonyl (C=O) groups excluding carboxylic acids is 1. The molecule has 0 fully saturated rings. The Morgan fingerprint density at radius 1 is 1.32 bits per heavy atom. The van der Waals surface area contributed by atoms with Gasteiger partial charge in [-0.3, -0.25) is 0 Å². The van der Waals surface area contributed by atoms with E-state index in [9.17, 15) is 4.79 Å².